The Kier molecular flexibility index (Phi) is 12.8. The van der Waals surface area contributed by atoms with Crippen molar-refractivity contribution in [2.45, 2.75) is 92.9 Å². The molecule has 4 aromatic carbocycles. The summed E-state index contributed by atoms with van der Waals surface area (Å²) in [6, 6.07) is 31.1. The summed E-state index contributed by atoms with van der Waals surface area (Å²) in [4.78, 5) is 0. The van der Waals surface area contributed by atoms with Crippen LogP contribution in [0.15, 0.2) is 109 Å². The standard InChI is InChI=1S/C31H37.C13H10.C5H5.2ClH.Zr/c1-28(2,3)26-16-30(7,8)24-12-18-11-19-13-25-23(15-21(19)20(18)14-22(24)26)27(29(4,5)6)17-31(25,9)10;1-3-7-12(8-4-1)11-13-9-5-2-6-10-13;1-2-4-5-3-1;;;/h12-16H,11H2,1-10H3;1-10H;1-3H,4H2;2*1H;/q-1;;-1;;;+2/p-2. The van der Waals surface area contributed by atoms with Crippen molar-refractivity contribution in [3.8, 4) is 11.1 Å². The summed E-state index contributed by atoms with van der Waals surface area (Å²) in [5.41, 5.74) is 17.6. The van der Waals surface area contributed by atoms with Gasteiger partial charge in [-0.3, -0.25) is 12.2 Å². The first-order valence-electron chi connectivity index (χ1n) is 18.1. The van der Waals surface area contributed by atoms with E-state index in [9.17, 15) is 0 Å². The van der Waals surface area contributed by atoms with Gasteiger partial charge >= 0.3 is 99.2 Å². The number of hydrogen-bond donors (Lipinski definition) is 0. The van der Waals surface area contributed by atoms with Gasteiger partial charge in [0, 0.05) is 5.41 Å². The summed E-state index contributed by atoms with van der Waals surface area (Å²) in [6.45, 7) is 23.3. The molecule has 0 nitrogen and oxygen atoms in total. The molecule has 8 rings (SSSR count). The number of hydrogen-bond acceptors (Lipinski definition) is 0. The second-order valence-corrected chi connectivity index (χ2v) is 18.5. The Labute approximate surface area is 341 Å². The van der Waals surface area contributed by atoms with Crippen LogP contribution in [0.1, 0.15) is 120 Å². The summed E-state index contributed by atoms with van der Waals surface area (Å²) >= 11 is 1.46. The Hall–Kier alpha value is -2.83. The zero-order valence-electron chi connectivity index (χ0n) is 32.6. The minimum absolute atomic E-state index is 0. The molecule has 0 spiro atoms. The molecular weight excluding hydrogens is 751 g/mol. The first-order chi connectivity index (χ1) is 23.5. The molecule has 4 aromatic rings. The first kappa shape index (κ1) is 41.9. The van der Waals surface area contributed by atoms with Crippen molar-refractivity contribution in [3.05, 3.63) is 166 Å². The van der Waals surface area contributed by atoms with E-state index in [-0.39, 0.29) is 46.5 Å². The molecule has 52 heavy (non-hydrogen) atoms. The number of rotatable bonds is 2. The van der Waals surface area contributed by atoms with Gasteiger partial charge < -0.3 is 24.8 Å². The molecule has 0 saturated heterocycles. The normalized spacial score (nSPS) is 16.3. The van der Waals surface area contributed by atoms with Crippen LogP contribution in [-0.2, 0) is 41.5 Å². The van der Waals surface area contributed by atoms with E-state index in [1.165, 1.54) is 94.2 Å². The fraction of sp³-hybridized carbons (Fsp3) is 0.327. The average molecular weight is 803 g/mol. The molecule has 0 heterocycles. The number of halogens is 2. The second kappa shape index (κ2) is 15.9. The van der Waals surface area contributed by atoms with Crippen molar-refractivity contribution < 1.29 is 49.0 Å². The van der Waals surface area contributed by atoms with Crippen LogP contribution in [0.3, 0.4) is 0 Å². The van der Waals surface area contributed by atoms with E-state index in [0.717, 1.165) is 12.8 Å². The molecule has 0 atom stereocenters. The molecule has 0 fully saturated rings. The SMILES string of the molecule is CC(C)(C)C1=[C-]C(C)(C)c2cc3c(cc21)-c1cc2c(cc1C3)C(C)(C)C=C2C(C)(C)C.[C-]1=CC=CC1.[Cl-].[Cl-].[Zr+2]=[C](c1ccccc1)c1ccccc1. The van der Waals surface area contributed by atoms with Crippen LogP contribution in [0.2, 0.25) is 0 Å². The van der Waals surface area contributed by atoms with Gasteiger partial charge in [0.15, 0.2) is 0 Å². The zero-order valence-corrected chi connectivity index (χ0v) is 36.5. The van der Waals surface area contributed by atoms with Gasteiger partial charge in [-0.05, 0) is 62.3 Å². The molecule has 0 radical (unpaired) electrons. The molecule has 268 valence electrons. The molecule has 4 aliphatic rings. The van der Waals surface area contributed by atoms with Crippen LogP contribution in [0.4, 0.5) is 0 Å². The Morgan fingerprint density at radius 1 is 0.654 bits per heavy atom. The maximum absolute atomic E-state index is 3.85. The van der Waals surface area contributed by atoms with Gasteiger partial charge in [-0.15, -0.1) is 18.1 Å². The topological polar surface area (TPSA) is 0 Å². The van der Waals surface area contributed by atoms with Crippen molar-refractivity contribution in [1.82, 2.24) is 0 Å². The van der Waals surface area contributed by atoms with Gasteiger partial charge in [0.25, 0.3) is 0 Å². The predicted molar refractivity (Wildman–Crippen MR) is 212 cm³/mol. The van der Waals surface area contributed by atoms with Crippen molar-refractivity contribution in [2.24, 2.45) is 10.8 Å². The molecule has 0 aliphatic heterocycles. The fourth-order valence-electron chi connectivity index (χ4n) is 7.66. The first-order valence-corrected chi connectivity index (χ1v) is 19.4. The van der Waals surface area contributed by atoms with Gasteiger partial charge in [-0.25, -0.2) is 17.7 Å². The number of fused-ring (bicyclic) bond motifs is 5. The van der Waals surface area contributed by atoms with Crippen LogP contribution < -0.4 is 24.8 Å². The van der Waals surface area contributed by atoms with Crippen LogP contribution in [-0.4, -0.2) is 3.21 Å². The Morgan fingerprint density at radius 3 is 1.62 bits per heavy atom. The van der Waals surface area contributed by atoms with E-state index in [2.05, 4.69) is 178 Å². The van der Waals surface area contributed by atoms with Crippen molar-refractivity contribution in [2.75, 3.05) is 0 Å². The number of benzene rings is 4. The zero-order chi connectivity index (χ0) is 36.1. The van der Waals surface area contributed by atoms with E-state index >= 15 is 0 Å². The van der Waals surface area contributed by atoms with Gasteiger partial charge in [-0.2, -0.15) is 11.6 Å². The third-order valence-corrected chi connectivity index (χ3v) is 11.7. The third-order valence-electron chi connectivity index (χ3n) is 10.3. The molecule has 0 amide bonds. The van der Waals surface area contributed by atoms with E-state index < -0.39 is 0 Å². The Bertz CT molecular complexity index is 1910. The van der Waals surface area contributed by atoms with Gasteiger partial charge in [0.05, 0.1) is 0 Å². The van der Waals surface area contributed by atoms with Crippen LogP contribution in [0.25, 0.3) is 22.3 Å². The molecule has 0 aromatic heterocycles. The number of allylic oxidation sites excluding steroid dienone is 8. The van der Waals surface area contributed by atoms with Gasteiger partial charge in [0.1, 0.15) is 0 Å². The van der Waals surface area contributed by atoms with Gasteiger partial charge in [0.2, 0.25) is 0 Å². The quantitative estimate of drug-likeness (QED) is 0.176. The second-order valence-electron chi connectivity index (χ2n) is 17.3. The summed E-state index contributed by atoms with van der Waals surface area (Å²) in [5, 5.41) is 0. The third kappa shape index (κ3) is 8.59. The van der Waals surface area contributed by atoms with Crippen LogP contribution in [0.5, 0.6) is 0 Å². The van der Waals surface area contributed by atoms with E-state index in [4.69, 9.17) is 0 Å². The summed E-state index contributed by atoms with van der Waals surface area (Å²) < 4.78 is 1.42. The van der Waals surface area contributed by atoms with Crippen molar-refractivity contribution in [1.29, 1.82) is 0 Å². The average Bonchev–Trinajstić information content (AvgIpc) is 3.86. The van der Waals surface area contributed by atoms with E-state index in [1.54, 1.807) is 0 Å². The molecule has 3 heteroatoms. The Balaban J connectivity index is 0.000000238. The summed E-state index contributed by atoms with van der Waals surface area (Å²) in [5.74, 6) is 0. The van der Waals surface area contributed by atoms with E-state index in [1.807, 2.05) is 12.2 Å². The molecule has 0 N–H and O–H groups in total. The molecule has 0 bridgehead atoms. The summed E-state index contributed by atoms with van der Waals surface area (Å²) in [7, 11) is 0. The fourth-order valence-corrected chi connectivity index (χ4v) is 8.48. The predicted octanol–water partition coefficient (Wildman–Crippen LogP) is 6.62. The van der Waals surface area contributed by atoms with Crippen molar-refractivity contribution in [3.63, 3.8) is 0 Å². The van der Waals surface area contributed by atoms with Crippen LogP contribution in [0, 0.1) is 23.0 Å². The molecule has 0 saturated carbocycles. The van der Waals surface area contributed by atoms with Crippen molar-refractivity contribution >= 4 is 14.4 Å². The van der Waals surface area contributed by atoms with Gasteiger partial charge in [-0.1, -0.05) is 92.9 Å². The molecular formula is C49H52Cl2Zr-2. The van der Waals surface area contributed by atoms with E-state index in [0.29, 0.717) is 0 Å². The monoisotopic (exact) mass is 800 g/mol. The summed E-state index contributed by atoms with van der Waals surface area (Å²) in [6.07, 6.45) is 17.4. The maximum atomic E-state index is 3.85. The Morgan fingerprint density at radius 2 is 1.17 bits per heavy atom. The molecule has 4 aliphatic carbocycles. The molecule has 0 unspecified atom stereocenters. The van der Waals surface area contributed by atoms with Crippen LogP contribution >= 0.6 is 0 Å². The minimum atomic E-state index is -0.0202.